The zero-order valence-corrected chi connectivity index (χ0v) is 19.0. The van der Waals surface area contributed by atoms with Gasteiger partial charge in [0, 0.05) is 31.2 Å². The largest absolute Gasteiger partial charge is 0.492 e. The number of nitrogens with zero attached hydrogens (tertiary/aromatic N) is 1. The summed E-state index contributed by atoms with van der Waals surface area (Å²) in [7, 11) is 0. The van der Waals surface area contributed by atoms with Crippen molar-refractivity contribution in [2.45, 2.75) is 45.7 Å². The van der Waals surface area contributed by atoms with Crippen molar-refractivity contribution in [1.82, 2.24) is 10.2 Å². The molecule has 29 heavy (non-hydrogen) atoms. The number of halogens is 1. The van der Waals surface area contributed by atoms with Gasteiger partial charge in [0.1, 0.15) is 5.75 Å². The van der Waals surface area contributed by atoms with Gasteiger partial charge in [0.25, 0.3) is 5.91 Å². The number of carbonyl (C=O) groups excluding carboxylic acids is 1. The molecule has 1 aliphatic rings. The van der Waals surface area contributed by atoms with E-state index in [1.807, 2.05) is 24.3 Å². The molecular formula is C24H31BrN2O2. The van der Waals surface area contributed by atoms with E-state index >= 15 is 0 Å². The number of amides is 1. The number of hydrogen-bond donors (Lipinski definition) is 1. The van der Waals surface area contributed by atoms with E-state index in [1.165, 1.54) is 5.56 Å². The van der Waals surface area contributed by atoms with Crippen molar-refractivity contribution in [2.75, 3.05) is 19.7 Å². The molecule has 1 heterocycles. The molecule has 156 valence electrons. The lowest BCUT2D eigenvalue weighted by atomic mass is 10.0. The van der Waals surface area contributed by atoms with E-state index in [0.29, 0.717) is 18.1 Å². The molecule has 1 fully saturated rings. The fourth-order valence-corrected chi connectivity index (χ4v) is 4.00. The van der Waals surface area contributed by atoms with Crippen molar-refractivity contribution in [1.29, 1.82) is 0 Å². The molecule has 0 aromatic heterocycles. The topological polar surface area (TPSA) is 41.6 Å². The number of carbonyl (C=O) groups is 1. The van der Waals surface area contributed by atoms with Gasteiger partial charge in [0.2, 0.25) is 0 Å². The Morgan fingerprint density at radius 1 is 1.17 bits per heavy atom. The van der Waals surface area contributed by atoms with Crippen LogP contribution in [0.3, 0.4) is 0 Å². The SMILES string of the molecule is CC(C)CCOc1ccc(C(=O)NC2CCN(Cc3ccccc3)CC2)cc1Br. The van der Waals surface area contributed by atoms with Gasteiger partial charge in [-0.1, -0.05) is 44.2 Å². The Morgan fingerprint density at radius 2 is 1.90 bits per heavy atom. The third kappa shape index (κ3) is 6.86. The normalized spacial score (nSPS) is 15.4. The first-order valence-electron chi connectivity index (χ1n) is 10.5. The number of likely N-dealkylation sites (tertiary alicyclic amines) is 1. The second-order valence-corrected chi connectivity index (χ2v) is 9.04. The van der Waals surface area contributed by atoms with E-state index in [9.17, 15) is 4.79 Å². The van der Waals surface area contributed by atoms with E-state index in [-0.39, 0.29) is 11.9 Å². The number of nitrogens with one attached hydrogen (secondary N) is 1. The van der Waals surface area contributed by atoms with Gasteiger partial charge in [0.05, 0.1) is 11.1 Å². The quantitative estimate of drug-likeness (QED) is 0.585. The van der Waals surface area contributed by atoms with Crippen molar-refractivity contribution in [3.05, 3.63) is 64.1 Å². The summed E-state index contributed by atoms with van der Waals surface area (Å²) in [5.41, 5.74) is 2.01. The number of rotatable bonds is 8. The molecule has 1 N–H and O–H groups in total. The van der Waals surface area contributed by atoms with E-state index in [4.69, 9.17) is 4.74 Å². The molecule has 0 bridgehead atoms. The minimum Gasteiger partial charge on any atom is -0.492 e. The van der Waals surface area contributed by atoms with Crippen molar-refractivity contribution >= 4 is 21.8 Å². The molecule has 1 aliphatic heterocycles. The number of piperidine rings is 1. The zero-order chi connectivity index (χ0) is 20.6. The third-order valence-electron chi connectivity index (χ3n) is 5.32. The van der Waals surface area contributed by atoms with Crippen LogP contribution >= 0.6 is 15.9 Å². The molecule has 1 amide bonds. The highest BCUT2D eigenvalue weighted by atomic mass is 79.9. The summed E-state index contributed by atoms with van der Waals surface area (Å²) in [5.74, 6) is 1.38. The summed E-state index contributed by atoms with van der Waals surface area (Å²) in [6, 6.07) is 16.4. The molecule has 3 rings (SSSR count). The highest BCUT2D eigenvalue weighted by molar-refractivity contribution is 9.10. The summed E-state index contributed by atoms with van der Waals surface area (Å²) in [6.07, 6.45) is 2.98. The Labute approximate surface area is 182 Å². The molecule has 2 aromatic carbocycles. The molecule has 0 radical (unpaired) electrons. The molecule has 0 spiro atoms. The van der Waals surface area contributed by atoms with Gasteiger partial charge in [-0.2, -0.15) is 0 Å². The smallest absolute Gasteiger partial charge is 0.251 e. The molecule has 2 aromatic rings. The van der Waals surface area contributed by atoms with E-state index in [0.717, 1.165) is 49.1 Å². The average molecular weight is 459 g/mol. The van der Waals surface area contributed by atoms with Gasteiger partial charge in [-0.3, -0.25) is 9.69 Å². The maximum absolute atomic E-state index is 12.7. The van der Waals surface area contributed by atoms with Crippen molar-refractivity contribution in [2.24, 2.45) is 5.92 Å². The number of hydrogen-bond acceptors (Lipinski definition) is 3. The number of ether oxygens (including phenoxy) is 1. The molecule has 0 saturated carbocycles. The summed E-state index contributed by atoms with van der Waals surface area (Å²) < 4.78 is 6.63. The van der Waals surface area contributed by atoms with Crippen LogP contribution in [-0.2, 0) is 6.54 Å². The first-order chi connectivity index (χ1) is 14.0. The summed E-state index contributed by atoms with van der Waals surface area (Å²) in [4.78, 5) is 15.1. The van der Waals surface area contributed by atoms with Crippen LogP contribution in [0, 0.1) is 5.92 Å². The van der Waals surface area contributed by atoms with Crippen LogP contribution in [0.2, 0.25) is 0 Å². The standard InChI is InChI=1S/C24H31BrN2O2/c1-18(2)12-15-29-23-9-8-20(16-22(23)25)24(28)26-21-10-13-27(14-11-21)17-19-6-4-3-5-7-19/h3-9,16,18,21H,10-15,17H2,1-2H3,(H,26,28). The summed E-state index contributed by atoms with van der Waals surface area (Å²) in [6.45, 7) is 8.03. The van der Waals surface area contributed by atoms with Gasteiger partial charge in [-0.15, -0.1) is 0 Å². The maximum Gasteiger partial charge on any atom is 0.251 e. The minimum atomic E-state index is -0.0130. The Hall–Kier alpha value is -1.85. The molecular weight excluding hydrogens is 428 g/mol. The fraction of sp³-hybridized carbons (Fsp3) is 0.458. The Balaban J connectivity index is 1.46. The van der Waals surface area contributed by atoms with Gasteiger partial charge < -0.3 is 10.1 Å². The fourth-order valence-electron chi connectivity index (χ4n) is 3.51. The maximum atomic E-state index is 12.7. The van der Waals surface area contributed by atoms with E-state index < -0.39 is 0 Å². The lowest BCUT2D eigenvalue weighted by Gasteiger charge is -2.32. The highest BCUT2D eigenvalue weighted by Gasteiger charge is 2.21. The van der Waals surface area contributed by atoms with Crippen molar-refractivity contribution in [3.63, 3.8) is 0 Å². The first-order valence-corrected chi connectivity index (χ1v) is 11.3. The molecule has 5 heteroatoms. The molecule has 0 aliphatic carbocycles. The monoisotopic (exact) mass is 458 g/mol. The molecule has 4 nitrogen and oxygen atoms in total. The molecule has 0 atom stereocenters. The van der Waals surface area contributed by atoms with Gasteiger partial charge in [-0.25, -0.2) is 0 Å². The van der Waals surface area contributed by atoms with Crippen LogP contribution in [0.4, 0.5) is 0 Å². The van der Waals surface area contributed by atoms with Crippen LogP contribution in [0.15, 0.2) is 53.0 Å². The lowest BCUT2D eigenvalue weighted by molar-refractivity contribution is 0.0909. The number of benzene rings is 2. The minimum absolute atomic E-state index is 0.0130. The van der Waals surface area contributed by atoms with Crippen molar-refractivity contribution < 1.29 is 9.53 Å². The zero-order valence-electron chi connectivity index (χ0n) is 17.4. The van der Waals surface area contributed by atoms with Crippen LogP contribution in [0.5, 0.6) is 5.75 Å². The Bertz CT molecular complexity index is 787. The third-order valence-corrected chi connectivity index (χ3v) is 5.94. The van der Waals surface area contributed by atoms with Crippen LogP contribution in [0.1, 0.15) is 49.0 Å². The summed E-state index contributed by atoms with van der Waals surface area (Å²) >= 11 is 3.54. The predicted molar refractivity (Wildman–Crippen MR) is 121 cm³/mol. The van der Waals surface area contributed by atoms with E-state index in [1.54, 1.807) is 0 Å². The Morgan fingerprint density at radius 3 is 2.55 bits per heavy atom. The summed E-state index contributed by atoms with van der Waals surface area (Å²) in [5, 5.41) is 3.20. The van der Waals surface area contributed by atoms with Crippen molar-refractivity contribution in [3.8, 4) is 5.75 Å². The Kier molecular flexibility index (Phi) is 8.13. The first kappa shape index (κ1) is 21.8. The van der Waals surface area contributed by atoms with E-state index in [2.05, 4.69) is 64.3 Å². The van der Waals surface area contributed by atoms with Gasteiger partial charge in [-0.05, 0) is 64.9 Å². The average Bonchev–Trinajstić information content (AvgIpc) is 2.71. The van der Waals surface area contributed by atoms with Crippen LogP contribution in [0.25, 0.3) is 0 Å². The molecule has 0 unspecified atom stereocenters. The highest BCUT2D eigenvalue weighted by Crippen LogP contribution is 2.26. The van der Waals surface area contributed by atoms with Crippen LogP contribution in [-0.4, -0.2) is 36.5 Å². The second kappa shape index (κ2) is 10.8. The lowest BCUT2D eigenvalue weighted by Crippen LogP contribution is -2.44. The molecule has 1 saturated heterocycles. The second-order valence-electron chi connectivity index (χ2n) is 8.19. The van der Waals surface area contributed by atoms with Gasteiger partial charge >= 0.3 is 0 Å². The predicted octanol–water partition coefficient (Wildman–Crippen LogP) is 5.27. The van der Waals surface area contributed by atoms with Gasteiger partial charge in [0.15, 0.2) is 0 Å². The van der Waals surface area contributed by atoms with Crippen LogP contribution < -0.4 is 10.1 Å².